The lowest BCUT2D eigenvalue weighted by Gasteiger charge is -2.31. The maximum absolute atomic E-state index is 10.5. The highest BCUT2D eigenvalue weighted by atomic mass is 16.5. The molecule has 0 bridgehead atoms. The first kappa shape index (κ1) is 18.3. The van der Waals surface area contributed by atoms with Crippen molar-refractivity contribution >= 4 is 0 Å². The summed E-state index contributed by atoms with van der Waals surface area (Å²) in [5, 5.41) is 24.1. The summed E-state index contributed by atoms with van der Waals surface area (Å²) in [5.74, 6) is 1.73. The van der Waals surface area contributed by atoms with E-state index in [1.54, 1.807) is 0 Å². The molecule has 2 aliphatic heterocycles. The van der Waals surface area contributed by atoms with Gasteiger partial charge in [0.15, 0.2) is 0 Å². The van der Waals surface area contributed by atoms with Crippen LogP contribution < -0.4 is 14.8 Å². The lowest BCUT2D eigenvalue weighted by molar-refractivity contribution is 0.00900. The second kappa shape index (κ2) is 8.30. The van der Waals surface area contributed by atoms with Gasteiger partial charge in [-0.15, -0.1) is 0 Å². The Morgan fingerprint density at radius 1 is 0.778 bits per heavy atom. The molecule has 0 unspecified atom stereocenters. The summed E-state index contributed by atoms with van der Waals surface area (Å²) < 4.78 is 11.9. The van der Waals surface area contributed by atoms with Crippen LogP contribution in [0.5, 0.6) is 11.5 Å². The van der Waals surface area contributed by atoms with Crippen molar-refractivity contribution in [3.8, 4) is 11.5 Å². The maximum Gasteiger partial charge on any atom is 0.126 e. The van der Waals surface area contributed by atoms with Gasteiger partial charge in [-0.25, -0.2) is 0 Å². The second-order valence-electron chi connectivity index (χ2n) is 7.40. The van der Waals surface area contributed by atoms with Crippen molar-refractivity contribution in [1.82, 2.24) is 5.32 Å². The number of aliphatic hydroxyl groups is 2. The highest BCUT2D eigenvalue weighted by molar-refractivity contribution is 5.36. The standard InChI is InChI=1S/C22H27NO4/c24-17(21-11-9-15-5-1-3-7-19(15)26-21)13-23-14-18(25)22-12-10-16-6-2-4-8-20(16)27-22/h1-8,17-18,21-25H,9-14H2/t17-,18-,21-,22+/m1/s1. The molecule has 5 heteroatoms. The second-order valence-corrected chi connectivity index (χ2v) is 7.40. The molecule has 2 heterocycles. The van der Waals surface area contributed by atoms with E-state index in [-0.39, 0.29) is 12.2 Å². The van der Waals surface area contributed by atoms with Crippen LogP contribution in [-0.2, 0) is 12.8 Å². The quantitative estimate of drug-likeness (QED) is 0.727. The van der Waals surface area contributed by atoms with Gasteiger partial charge in [-0.05, 0) is 48.9 Å². The van der Waals surface area contributed by atoms with Crippen LogP contribution in [0, 0.1) is 0 Å². The van der Waals surface area contributed by atoms with Crippen LogP contribution in [0.3, 0.4) is 0 Å². The molecular weight excluding hydrogens is 342 g/mol. The molecule has 3 N–H and O–H groups in total. The zero-order valence-corrected chi connectivity index (χ0v) is 15.4. The molecule has 4 atom stereocenters. The fourth-order valence-corrected chi connectivity index (χ4v) is 3.87. The van der Waals surface area contributed by atoms with Crippen LogP contribution in [0.4, 0.5) is 0 Å². The van der Waals surface area contributed by atoms with E-state index in [4.69, 9.17) is 9.47 Å². The number of hydrogen-bond donors (Lipinski definition) is 3. The van der Waals surface area contributed by atoms with Gasteiger partial charge in [-0.1, -0.05) is 36.4 Å². The van der Waals surface area contributed by atoms with Crippen LogP contribution in [-0.4, -0.2) is 47.7 Å². The van der Waals surface area contributed by atoms with Gasteiger partial charge < -0.3 is 25.0 Å². The Morgan fingerprint density at radius 2 is 1.22 bits per heavy atom. The SMILES string of the molecule is O[C@H](CNC[C@@H](O)[C@H]1CCc2ccccc2O1)[C@@H]1CCc2ccccc2O1. The molecule has 4 rings (SSSR count). The monoisotopic (exact) mass is 369 g/mol. The highest BCUT2D eigenvalue weighted by Crippen LogP contribution is 2.29. The molecular formula is C22H27NO4. The summed E-state index contributed by atoms with van der Waals surface area (Å²) in [7, 11) is 0. The summed E-state index contributed by atoms with van der Waals surface area (Å²) in [6.07, 6.45) is 1.75. The molecule has 0 aliphatic carbocycles. The highest BCUT2D eigenvalue weighted by Gasteiger charge is 2.28. The van der Waals surface area contributed by atoms with E-state index < -0.39 is 12.2 Å². The van der Waals surface area contributed by atoms with Gasteiger partial charge in [0.1, 0.15) is 35.9 Å². The van der Waals surface area contributed by atoms with Crippen LogP contribution in [0.2, 0.25) is 0 Å². The van der Waals surface area contributed by atoms with Crippen molar-refractivity contribution in [3.63, 3.8) is 0 Å². The predicted octanol–water partition coefficient (Wildman–Crippen LogP) is 2.09. The first-order valence-electron chi connectivity index (χ1n) is 9.76. The summed E-state index contributed by atoms with van der Waals surface area (Å²) in [6.45, 7) is 0.764. The van der Waals surface area contributed by atoms with Crippen molar-refractivity contribution in [1.29, 1.82) is 0 Å². The normalized spacial score (nSPS) is 23.3. The summed E-state index contributed by atoms with van der Waals surface area (Å²) in [4.78, 5) is 0. The third-order valence-electron chi connectivity index (χ3n) is 5.46. The zero-order valence-electron chi connectivity index (χ0n) is 15.4. The van der Waals surface area contributed by atoms with E-state index >= 15 is 0 Å². The fourth-order valence-electron chi connectivity index (χ4n) is 3.87. The summed E-state index contributed by atoms with van der Waals surface area (Å²) >= 11 is 0. The Morgan fingerprint density at radius 3 is 1.70 bits per heavy atom. The van der Waals surface area contributed by atoms with Gasteiger partial charge in [0, 0.05) is 13.1 Å². The van der Waals surface area contributed by atoms with Gasteiger partial charge in [0.2, 0.25) is 0 Å². The molecule has 0 spiro atoms. The number of ether oxygens (including phenoxy) is 2. The molecule has 0 saturated carbocycles. The molecule has 0 fully saturated rings. The first-order chi connectivity index (χ1) is 13.2. The van der Waals surface area contributed by atoms with E-state index in [2.05, 4.69) is 17.4 Å². The van der Waals surface area contributed by atoms with Crippen LogP contribution >= 0.6 is 0 Å². The number of fused-ring (bicyclic) bond motifs is 2. The first-order valence-corrected chi connectivity index (χ1v) is 9.76. The molecule has 0 radical (unpaired) electrons. The molecule has 0 aromatic heterocycles. The third-order valence-corrected chi connectivity index (χ3v) is 5.46. The van der Waals surface area contributed by atoms with Crippen LogP contribution in [0.1, 0.15) is 24.0 Å². The topological polar surface area (TPSA) is 71.0 Å². The minimum Gasteiger partial charge on any atom is -0.487 e. The average Bonchev–Trinajstić information content (AvgIpc) is 2.72. The number of benzene rings is 2. The number of para-hydroxylation sites is 2. The number of hydrogen-bond acceptors (Lipinski definition) is 5. The Bertz CT molecular complexity index is 702. The molecule has 0 amide bonds. The van der Waals surface area contributed by atoms with Gasteiger partial charge >= 0.3 is 0 Å². The lowest BCUT2D eigenvalue weighted by atomic mass is 9.98. The van der Waals surface area contributed by atoms with Gasteiger partial charge in [-0.3, -0.25) is 0 Å². The van der Waals surface area contributed by atoms with Crippen molar-refractivity contribution in [2.75, 3.05) is 13.1 Å². The van der Waals surface area contributed by atoms with Crippen molar-refractivity contribution in [3.05, 3.63) is 59.7 Å². The van der Waals surface area contributed by atoms with Crippen LogP contribution in [0.25, 0.3) is 0 Å². The molecule has 2 aromatic rings. The number of aryl methyl sites for hydroxylation is 2. The largest absolute Gasteiger partial charge is 0.487 e. The minimum atomic E-state index is -0.612. The van der Waals surface area contributed by atoms with Crippen molar-refractivity contribution in [2.24, 2.45) is 0 Å². The predicted molar refractivity (Wildman–Crippen MR) is 103 cm³/mol. The molecule has 2 aliphatic rings. The molecule has 144 valence electrons. The van der Waals surface area contributed by atoms with E-state index in [0.717, 1.165) is 37.2 Å². The van der Waals surface area contributed by atoms with Gasteiger partial charge in [-0.2, -0.15) is 0 Å². The zero-order chi connectivity index (χ0) is 18.6. The number of aliphatic hydroxyl groups excluding tert-OH is 2. The van der Waals surface area contributed by atoms with E-state index in [1.165, 1.54) is 11.1 Å². The Kier molecular flexibility index (Phi) is 5.62. The van der Waals surface area contributed by atoms with Crippen molar-refractivity contribution < 1.29 is 19.7 Å². The Hall–Kier alpha value is -2.08. The molecule has 2 aromatic carbocycles. The fraction of sp³-hybridized carbons (Fsp3) is 0.455. The molecule has 27 heavy (non-hydrogen) atoms. The van der Waals surface area contributed by atoms with Crippen molar-refractivity contribution in [2.45, 2.75) is 50.1 Å². The van der Waals surface area contributed by atoms with E-state index in [9.17, 15) is 10.2 Å². The molecule has 0 saturated heterocycles. The van der Waals surface area contributed by atoms with E-state index in [1.807, 2.05) is 36.4 Å². The van der Waals surface area contributed by atoms with E-state index in [0.29, 0.717) is 13.1 Å². The number of rotatable bonds is 6. The van der Waals surface area contributed by atoms with Gasteiger partial charge in [0.25, 0.3) is 0 Å². The van der Waals surface area contributed by atoms with Gasteiger partial charge in [0.05, 0.1) is 0 Å². The summed E-state index contributed by atoms with van der Waals surface area (Å²) in [5.41, 5.74) is 2.39. The smallest absolute Gasteiger partial charge is 0.126 e. The molecule has 5 nitrogen and oxygen atoms in total. The Labute approximate surface area is 159 Å². The third kappa shape index (κ3) is 4.26. The minimum absolute atomic E-state index is 0.220. The van der Waals surface area contributed by atoms with Crippen LogP contribution in [0.15, 0.2) is 48.5 Å². The average molecular weight is 369 g/mol. The lowest BCUT2D eigenvalue weighted by Crippen LogP contribution is -2.46. The number of nitrogens with one attached hydrogen (secondary N) is 1. The summed E-state index contributed by atoms with van der Waals surface area (Å²) in [6, 6.07) is 15.9. The Balaban J connectivity index is 1.23. The maximum atomic E-state index is 10.5.